The van der Waals surface area contributed by atoms with Gasteiger partial charge in [-0.3, -0.25) is 14.4 Å². The second-order valence-corrected chi connectivity index (χ2v) is 9.73. The number of fused-ring (bicyclic) bond motifs is 1. The summed E-state index contributed by atoms with van der Waals surface area (Å²) in [5.41, 5.74) is -0.0886. The molecule has 3 heterocycles. The molecule has 7 heteroatoms. The number of amides is 3. The Kier molecular flexibility index (Phi) is 5.32. The van der Waals surface area contributed by atoms with Gasteiger partial charge in [0.1, 0.15) is 11.6 Å². The van der Waals surface area contributed by atoms with E-state index in [1.54, 1.807) is 4.90 Å². The predicted molar refractivity (Wildman–Crippen MR) is 118 cm³/mol. The molecule has 3 fully saturated rings. The van der Waals surface area contributed by atoms with Gasteiger partial charge in [-0.15, -0.1) is 0 Å². The van der Waals surface area contributed by atoms with E-state index < -0.39 is 29.6 Å². The summed E-state index contributed by atoms with van der Waals surface area (Å²) in [5, 5.41) is 6.14. The standard InChI is InChI=1S/C25H31N3O4/c1-15(2)28-21(23(30)27-17-10-6-7-11-17)25-13-12-18(32-25)19(20(25)24(28)31)22(29)26-14-16-8-4-3-5-9-16/h3-5,8-9,12-13,15,17-21H,6-7,10-11,14H2,1-2H3,(H,26,29)(H,27,30)/t18-,19-,20+,21-,25+/m1/s1. The number of nitrogens with one attached hydrogen (secondary N) is 2. The van der Waals surface area contributed by atoms with Crippen LogP contribution in [0, 0.1) is 11.8 Å². The topological polar surface area (TPSA) is 87.7 Å². The molecule has 1 aliphatic carbocycles. The van der Waals surface area contributed by atoms with Crippen molar-refractivity contribution in [1.82, 2.24) is 15.5 Å². The first kappa shape index (κ1) is 21.2. The number of benzene rings is 1. The quantitative estimate of drug-likeness (QED) is 0.666. The maximum absolute atomic E-state index is 13.6. The number of rotatable bonds is 6. The first-order valence-electron chi connectivity index (χ1n) is 11.7. The Morgan fingerprint density at radius 1 is 1.16 bits per heavy atom. The van der Waals surface area contributed by atoms with Crippen LogP contribution in [-0.4, -0.2) is 52.5 Å². The molecule has 1 aromatic rings. The Hall–Kier alpha value is -2.67. The van der Waals surface area contributed by atoms with Gasteiger partial charge in [-0.05, 0) is 32.3 Å². The molecule has 1 saturated carbocycles. The second kappa shape index (κ2) is 8.03. The summed E-state index contributed by atoms with van der Waals surface area (Å²) < 4.78 is 6.32. The molecule has 1 aromatic carbocycles. The van der Waals surface area contributed by atoms with Crippen molar-refractivity contribution in [2.45, 2.75) is 75.9 Å². The molecular weight excluding hydrogens is 406 g/mol. The number of nitrogens with zero attached hydrogens (tertiary/aromatic N) is 1. The van der Waals surface area contributed by atoms with Gasteiger partial charge in [0.2, 0.25) is 17.7 Å². The first-order chi connectivity index (χ1) is 15.4. The van der Waals surface area contributed by atoms with Crippen LogP contribution in [0.1, 0.15) is 45.1 Å². The van der Waals surface area contributed by atoms with Crippen molar-refractivity contribution >= 4 is 17.7 Å². The maximum Gasteiger partial charge on any atom is 0.246 e. The fraction of sp³-hybridized carbons (Fsp3) is 0.560. The molecule has 3 aliphatic heterocycles. The predicted octanol–water partition coefficient (Wildman–Crippen LogP) is 1.92. The minimum absolute atomic E-state index is 0.148. The lowest BCUT2D eigenvalue weighted by atomic mass is 9.74. The zero-order valence-electron chi connectivity index (χ0n) is 18.6. The monoisotopic (exact) mass is 437 g/mol. The van der Waals surface area contributed by atoms with E-state index in [-0.39, 0.29) is 29.8 Å². The molecule has 0 aromatic heterocycles. The number of hydrogen-bond acceptors (Lipinski definition) is 4. The van der Waals surface area contributed by atoms with Gasteiger partial charge in [0, 0.05) is 18.6 Å². The van der Waals surface area contributed by atoms with E-state index in [0.29, 0.717) is 6.54 Å². The summed E-state index contributed by atoms with van der Waals surface area (Å²) in [6.07, 6.45) is 7.38. The van der Waals surface area contributed by atoms with Crippen molar-refractivity contribution in [3.8, 4) is 0 Å². The smallest absolute Gasteiger partial charge is 0.246 e. The number of hydrogen-bond donors (Lipinski definition) is 2. The zero-order valence-corrected chi connectivity index (χ0v) is 18.6. The molecule has 0 radical (unpaired) electrons. The minimum Gasteiger partial charge on any atom is -0.359 e. The second-order valence-electron chi connectivity index (χ2n) is 9.73. The van der Waals surface area contributed by atoms with E-state index in [0.717, 1.165) is 31.2 Å². The molecule has 5 atom stereocenters. The lowest BCUT2D eigenvalue weighted by Gasteiger charge is -2.34. The van der Waals surface area contributed by atoms with E-state index in [9.17, 15) is 14.4 Å². The van der Waals surface area contributed by atoms with Crippen LogP contribution in [0.4, 0.5) is 0 Å². The molecule has 7 nitrogen and oxygen atoms in total. The van der Waals surface area contributed by atoms with Crippen molar-refractivity contribution < 1.29 is 19.1 Å². The van der Waals surface area contributed by atoms with Gasteiger partial charge >= 0.3 is 0 Å². The average Bonchev–Trinajstić information content (AvgIpc) is 3.54. The van der Waals surface area contributed by atoms with Crippen LogP contribution in [0.3, 0.4) is 0 Å². The van der Waals surface area contributed by atoms with Crippen molar-refractivity contribution in [1.29, 1.82) is 0 Å². The number of ether oxygens (including phenoxy) is 1. The van der Waals surface area contributed by atoms with Gasteiger partial charge < -0.3 is 20.3 Å². The van der Waals surface area contributed by atoms with Crippen LogP contribution in [0.5, 0.6) is 0 Å². The van der Waals surface area contributed by atoms with E-state index >= 15 is 0 Å². The lowest BCUT2D eigenvalue weighted by Crippen LogP contribution is -2.57. The molecule has 3 amide bonds. The number of carbonyl (C=O) groups is 3. The molecule has 2 bridgehead atoms. The Bertz CT molecular complexity index is 940. The van der Waals surface area contributed by atoms with Crippen molar-refractivity contribution in [2.75, 3.05) is 0 Å². The summed E-state index contributed by atoms with van der Waals surface area (Å²) in [6, 6.07) is 8.89. The summed E-state index contributed by atoms with van der Waals surface area (Å²) in [7, 11) is 0. The Balaban J connectivity index is 1.40. The van der Waals surface area contributed by atoms with Crippen LogP contribution in [0.15, 0.2) is 42.5 Å². The molecule has 32 heavy (non-hydrogen) atoms. The fourth-order valence-electron chi connectivity index (χ4n) is 6.01. The molecule has 4 aliphatic rings. The summed E-state index contributed by atoms with van der Waals surface area (Å²) in [4.78, 5) is 41.9. The van der Waals surface area contributed by atoms with Gasteiger partial charge in [-0.25, -0.2) is 0 Å². The highest BCUT2D eigenvalue weighted by molar-refractivity contribution is 6.00. The molecule has 2 saturated heterocycles. The van der Waals surface area contributed by atoms with Gasteiger partial charge in [0.05, 0.1) is 17.9 Å². The van der Waals surface area contributed by atoms with Crippen LogP contribution >= 0.6 is 0 Å². The van der Waals surface area contributed by atoms with Crippen molar-refractivity contribution in [3.05, 3.63) is 48.0 Å². The maximum atomic E-state index is 13.6. The normalized spacial score (nSPS) is 33.2. The van der Waals surface area contributed by atoms with Gasteiger partial charge in [-0.2, -0.15) is 0 Å². The molecule has 0 unspecified atom stereocenters. The van der Waals surface area contributed by atoms with Gasteiger partial charge in [-0.1, -0.05) is 55.3 Å². The van der Waals surface area contributed by atoms with Crippen molar-refractivity contribution in [2.24, 2.45) is 11.8 Å². The highest BCUT2D eigenvalue weighted by Crippen LogP contribution is 2.55. The Labute approximate surface area is 188 Å². The van der Waals surface area contributed by atoms with Crippen LogP contribution in [0.2, 0.25) is 0 Å². The molecule has 2 N–H and O–H groups in total. The average molecular weight is 438 g/mol. The highest BCUT2D eigenvalue weighted by atomic mass is 16.5. The number of likely N-dealkylation sites (tertiary alicyclic amines) is 1. The first-order valence-corrected chi connectivity index (χ1v) is 11.7. The third-order valence-corrected chi connectivity index (χ3v) is 7.43. The van der Waals surface area contributed by atoms with Gasteiger partial charge in [0.15, 0.2) is 0 Å². The number of carbonyl (C=O) groups excluding carboxylic acids is 3. The van der Waals surface area contributed by atoms with Crippen LogP contribution in [0.25, 0.3) is 0 Å². The summed E-state index contributed by atoms with van der Waals surface area (Å²) in [6.45, 7) is 4.21. The van der Waals surface area contributed by atoms with Gasteiger partial charge in [0.25, 0.3) is 0 Å². The molecule has 5 rings (SSSR count). The summed E-state index contributed by atoms with van der Waals surface area (Å²) >= 11 is 0. The lowest BCUT2D eigenvalue weighted by molar-refractivity contribution is -0.143. The molecule has 170 valence electrons. The Morgan fingerprint density at radius 2 is 1.88 bits per heavy atom. The van der Waals surface area contributed by atoms with Crippen molar-refractivity contribution in [3.63, 3.8) is 0 Å². The third-order valence-electron chi connectivity index (χ3n) is 7.43. The van der Waals surface area contributed by atoms with E-state index in [1.165, 1.54) is 0 Å². The summed E-state index contributed by atoms with van der Waals surface area (Å²) in [5.74, 6) is -1.86. The van der Waals surface area contributed by atoms with E-state index in [2.05, 4.69) is 10.6 Å². The highest BCUT2D eigenvalue weighted by Gasteiger charge is 2.73. The minimum atomic E-state index is -1.08. The SMILES string of the molecule is CC(C)N1C(=O)[C@@H]2[C@H](C(=O)NCc3ccccc3)[C@H]3C=C[C@@]2(O3)[C@H]1C(=O)NC1CCCC1. The van der Waals surface area contributed by atoms with Crippen LogP contribution < -0.4 is 10.6 Å². The largest absolute Gasteiger partial charge is 0.359 e. The molecular formula is C25H31N3O4. The van der Waals surface area contributed by atoms with E-state index in [4.69, 9.17) is 4.74 Å². The van der Waals surface area contributed by atoms with Crippen LogP contribution in [-0.2, 0) is 25.7 Å². The Morgan fingerprint density at radius 3 is 2.56 bits per heavy atom. The van der Waals surface area contributed by atoms with E-state index in [1.807, 2.05) is 56.3 Å². The third kappa shape index (κ3) is 3.25. The molecule has 1 spiro atoms. The fourth-order valence-corrected chi connectivity index (χ4v) is 6.01. The zero-order chi connectivity index (χ0) is 22.5.